The normalized spacial score (nSPS) is 23.4. The van der Waals surface area contributed by atoms with Crippen molar-refractivity contribution >= 4 is 10.8 Å². The van der Waals surface area contributed by atoms with Gasteiger partial charge in [-0.2, -0.15) is 5.10 Å². The van der Waals surface area contributed by atoms with Crippen LogP contribution in [0.4, 0.5) is 0 Å². The summed E-state index contributed by atoms with van der Waals surface area (Å²) in [5, 5.41) is 7.25. The molecule has 3 aromatic rings. The van der Waals surface area contributed by atoms with Crippen molar-refractivity contribution in [1.82, 2.24) is 19.7 Å². The lowest BCUT2D eigenvalue weighted by atomic mass is 9.80. The second-order valence-corrected chi connectivity index (χ2v) is 7.17. The molecular formula is C19H21N5. The molecule has 0 spiro atoms. The van der Waals surface area contributed by atoms with E-state index < -0.39 is 0 Å². The SMILES string of the molecule is NCC1CC(n2cc(-c3nccc4cnccc34)c(C3CC3)n2)C1. The molecule has 24 heavy (non-hydrogen) atoms. The molecule has 0 unspecified atom stereocenters. The summed E-state index contributed by atoms with van der Waals surface area (Å²) in [6, 6.07) is 4.58. The van der Waals surface area contributed by atoms with Gasteiger partial charge < -0.3 is 5.73 Å². The van der Waals surface area contributed by atoms with Crippen molar-refractivity contribution < 1.29 is 0 Å². The average molecular weight is 319 g/mol. The minimum atomic E-state index is 0.501. The smallest absolute Gasteiger partial charge is 0.0815 e. The first-order chi connectivity index (χ1) is 11.8. The van der Waals surface area contributed by atoms with Gasteiger partial charge in [-0.3, -0.25) is 14.6 Å². The van der Waals surface area contributed by atoms with Crippen LogP contribution < -0.4 is 5.73 Å². The molecule has 122 valence electrons. The van der Waals surface area contributed by atoms with Crippen LogP contribution >= 0.6 is 0 Å². The molecule has 5 nitrogen and oxygen atoms in total. The van der Waals surface area contributed by atoms with Crippen molar-refractivity contribution in [3.05, 3.63) is 42.6 Å². The van der Waals surface area contributed by atoms with Crippen LogP contribution in [0, 0.1) is 5.92 Å². The zero-order valence-electron chi connectivity index (χ0n) is 13.6. The third-order valence-corrected chi connectivity index (χ3v) is 5.46. The van der Waals surface area contributed by atoms with Crippen LogP contribution in [0.2, 0.25) is 0 Å². The monoisotopic (exact) mass is 319 g/mol. The number of hydrogen-bond acceptors (Lipinski definition) is 4. The Bertz CT molecular complexity index is 884. The summed E-state index contributed by atoms with van der Waals surface area (Å²) in [7, 11) is 0. The molecule has 0 bridgehead atoms. The van der Waals surface area contributed by atoms with E-state index in [0.29, 0.717) is 17.9 Å². The van der Waals surface area contributed by atoms with Gasteiger partial charge in [0.15, 0.2) is 0 Å². The molecule has 3 aromatic heterocycles. The second kappa shape index (κ2) is 5.38. The number of nitrogens with two attached hydrogens (primary N) is 1. The third-order valence-electron chi connectivity index (χ3n) is 5.46. The maximum Gasteiger partial charge on any atom is 0.0815 e. The zero-order valence-corrected chi connectivity index (χ0v) is 13.6. The molecule has 0 saturated heterocycles. The summed E-state index contributed by atoms with van der Waals surface area (Å²) in [6.45, 7) is 0.790. The van der Waals surface area contributed by atoms with Gasteiger partial charge in [-0.15, -0.1) is 0 Å². The molecule has 5 rings (SSSR count). The van der Waals surface area contributed by atoms with Gasteiger partial charge in [-0.1, -0.05) is 0 Å². The van der Waals surface area contributed by atoms with E-state index in [1.807, 2.05) is 24.7 Å². The van der Waals surface area contributed by atoms with Crippen LogP contribution in [0.3, 0.4) is 0 Å². The van der Waals surface area contributed by atoms with Crippen molar-refractivity contribution in [3.8, 4) is 11.3 Å². The molecule has 2 N–H and O–H groups in total. The van der Waals surface area contributed by atoms with Crippen molar-refractivity contribution in [2.24, 2.45) is 11.7 Å². The van der Waals surface area contributed by atoms with Gasteiger partial charge in [0.2, 0.25) is 0 Å². The van der Waals surface area contributed by atoms with E-state index in [-0.39, 0.29) is 0 Å². The fraction of sp³-hybridized carbons (Fsp3) is 0.421. The van der Waals surface area contributed by atoms with Gasteiger partial charge in [0.1, 0.15) is 0 Å². The quantitative estimate of drug-likeness (QED) is 0.801. The summed E-state index contributed by atoms with van der Waals surface area (Å²) in [6.07, 6.45) is 12.6. The van der Waals surface area contributed by atoms with Crippen LogP contribution in [0.15, 0.2) is 36.9 Å². The highest BCUT2D eigenvalue weighted by molar-refractivity contribution is 5.94. The molecule has 0 amide bonds. The summed E-state index contributed by atoms with van der Waals surface area (Å²) >= 11 is 0. The Balaban J connectivity index is 1.60. The van der Waals surface area contributed by atoms with Crippen LogP contribution in [0.1, 0.15) is 43.3 Å². The third kappa shape index (κ3) is 2.23. The Kier molecular flexibility index (Phi) is 3.16. The molecule has 3 heterocycles. The van der Waals surface area contributed by atoms with Gasteiger partial charge in [0.05, 0.1) is 17.4 Å². The van der Waals surface area contributed by atoms with Crippen molar-refractivity contribution in [2.75, 3.05) is 6.54 Å². The van der Waals surface area contributed by atoms with Crippen LogP contribution in [-0.2, 0) is 0 Å². The van der Waals surface area contributed by atoms with Crippen molar-refractivity contribution in [2.45, 2.75) is 37.6 Å². The number of pyridine rings is 2. The molecule has 0 aromatic carbocycles. The molecule has 2 fully saturated rings. The molecule has 2 aliphatic carbocycles. The first-order valence-corrected chi connectivity index (χ1v) is 8.81. The topological polar surface area (TPSA) is 69.6 Å². The first-order valence-electron chi connectivity index (χ1n) is 8.81. The zero-order chi connectivity index (χ0) is 16.1. The maximum atomic E-state index is 5.78. The Morgan fingerprint density at radius 1 is 1.17 bits per heavy atom. The van der Waals surface area contributed by atoms with Gasteiger partial charge in [0.25, 0.3) is 0 Å². The van der Waals surface area contributed by atoms with Gasteiger partial charge in [0, 0.05) is 47.0 Å². The van der Waals surface area contributed by atoms with E-state index in [4.69, 9.17) is 15.8 Å². The second-order valence-electron chi connectivity index (χ2n) is 7.17. The fourth-order valence-corrected chi connectivity index (χ4v) is 3.77. The summed E-state index contributed by atoms with van der Waals surface area (Å²) in [5.41, 5.74) is 9.24. The Hall–Kier alpha value is -2.27. The molecule has 2 aliphatic rings. The predicted octanol–water partition coefficient (Wildman–Crippen LogP) is 3.28. The van der Waals surface area contributed by atoms with Crippen molar-refractivity contribution in [3.63, 3.8) is 0 Å². The predicted molar refractivity (Wildman–Crippen MR) is 93.5 cm³/mol. The average Bonchev–Trinajstić information content (AvgIpc) is 3.34. The summed E-state index contributed by atoms with van der Waals surface area (Å²) < 4.78 is 2.18. The number of nitrogens with zero attached hydrogens (tertiary/aromatic N) is 4. The lowest BCUT2D eigenvalue weighted by molar-refractivity contribution is 0.189. The van der Waals surface area contributed by atoms with Crippen LogP contribution in [0.25, 0.3) is 22.0 Å². The maximum absolute atomic E-state index is 5.78. The number of hydrogen-bond donors (Lipinski definition) is 1. The largest absolute Gasteiger partial charge is 0.330 e. The molecule has 2 saturated carbocycles. The van der Waals surface area contributed by atoms with Gasteiger partial charge in [-0.25, -0.2) is 0 Å². The Morgan fingerprint density at radius 3 is 2.83 bits per heavy atom. The fourth-order valence-electron chi connectivity index (χ4n) is 3.77. The standard InChI is InChI=1S/C19H21N5/c20-9-12-7-15(8-12)24-11-17(18(23-24)13-1-2-13)19-16-4-5-21-10-14(16)3-6-22-19/h3-6,10-13,15H,1-2,7-9,20H2. The lowest BCUT2D eigenvalue weighted by Crippen LogP contribution is -2.32. The summed E-state index contributed by atoms with van der Waals surface area (Å²) in [5.74, 6) is 1.26. The van der Waals surface area contributed by atoms with Crippen LogP contribution in [0.5, 0.6) is 0 Å². The number of aromatic nitrogens is 4. The van der Waals surface area contributed by atoms with Crippen LogP contribution in [-0.4, -0.2) is 26.3 Å². The highest BCUT2D eigenvalue weighted by atomic mass is 15.3. The minimum Gasteiger partial charge on any atom is -0.330 e. The molecular weight excluding hydrogens is 298 g/mol. The van der Waals surface area contributed by atoms with Crippen molar-refractivity contribution in [1.29, 1.82) is 0 Å². The van der Waals surface area contributed by atoms with E-state index in [0.717, 1.165) is 35.9 Å². The van der Waals surface area contributed by atoms with E-state index in [9.17, 15) is 0 Å². The van der Waals surface area contributed by atoms with Gasteiger partial charge in [-0.05, 0) is 50.3 Å². The molecule has 0 aliphatic heterocycles. The number of fused-ring (bicyclic) bond motifs is 1. The van der Waals surface area contributed by atoms with Gasteiger partial charge >= 0.3 is 0 Å². The first kappa shape index (κ1) is 14.1. The van der Waals surface area contributed by atoms with E-state index in [1.165, 1.54) is 24.1 Å². The minimum absolute atomic E-state index is 0.501. The van der Waals surface area contributed by atoms with E-state index in [1.54, 1.807) is 0 Å². The molecule has 5 heteroatoms. The highest BCUT2D eigenvalue weighted by Gasteiger charge is 2.34. The lowest BCUT2D eigenvalue weighted by Gasteiger charge is -2.34. The highest BCUT2D eigenvalue weighted by Crippen LogP contribution is 2.46. The number of rotatable bonds is 4. The summed E-state index contributed by atoms with van der Waals surface area (Å²) in [4.78, 5) is 8.93. The Labute approximate surface area is 140 Å². The Morgan fingerprint density at radius 2 is 2.04 bits per heavy atom. The van der Waals surface area contributed by atoms with E-state index in [2.05, 4.69) is 21.9 Å². The molecule has 0 atom stereocenters. The van der Waals surface area contributed by atoms with E-state index >= 15 is 0 Å². The molecule has 0 radical (unpaired) electrons.